The number of benzene rings is 1. The Kier molecular flexibility index (Phi) is 6.55. The van der Waals surface area contributed by atoms with E-state index in [9.17, 15) is 14.7 Å². The summed E-state index contributed by atoms with van der Waals surface area (Å²) in [5.41, 5.74) is 0.605. The summed E-state index contributed by atoms with van der Waals surface area (Å²) >= 11 is 0. The number of nitrogens with zero attached hydrogens (tertiary/aromatic N) is 2. The van der Waals surface area contributed by atoms with Crippen molar-refractivity contribution < 1.29 is 19.4 Å². The van der Waals surface area contributed by atoms with Gasteiger partial charge in [-0.05, 0) is 30.4 Å². The van der Waals surface area contributed by atoms with Crippen LogP contribution in [0.15, 0.2) is 24.3 Å². The summed E-state index contributed by atoms with van der Waals surface area (Å²) in [6.45, 7) is 6.04. The summed E-state index contributed by atoms with van der Waals surface area (Å²) in [7, 11) is 0. The lowest BCUT2D eigenvalue weighted by molar-refractivity contribution is -0.117. The summed E-state index contributed by atoms with van der Waals surface area (Å²) < 4.78 is 5.32. The van der Waals surface area contributed by atoms with E-state index in [0.717, 1.165) is 12.8 Å². The molecule has 2 saturated heterocycles. The molecule has 7 heteroatoms. The Bertz CT molecular complexity index is 660. The van der Waals surface area contributed by atoms with E-state index < -0.39 is 0 Å². The number of carbonyl (C=O) groups excluding carboxylic acids is 2. The van der Waals surface area contributed by atoms with Gasteiger partial charge in [-0.3, -0.25) is 4.79 Å². The first-order chi connectivity index (χ1) is 13.1. The molecule has 0 radical (unpaired) electrons. The van der Waals surface area contributed by atoms with Crippen LogP contribution in [-0.4, -0.2) is 66.2 Å². The van der Waals surface area contributed by atoms with Crippen molar-refractivity contribution in [2.45, 2.75) is 26.2 Å². The smallest absolute Gasteiger partial charge is 0.320 e. The maximum Gasteiger partial charge on any atom is 0.320 e. The molecule has 0 spiro atoms. The summed E-state index contributed by atoms with van der Waals surface area (Å²) in [5.74, 6) is 0.672. The van der Waals surface area contributed by atoms with E-state index in [0.29, 0.717) is 57.4 Å². The minimum Gasteiger partial charge on any atom is -0.508 e. The number of hydrogen-bond acceptors (Lipinski definition) is 4. The van der Waals surface area contributed by atoms with Gasteiger partial charge in [-0.2, -0.15) is 0 Å². The molecule has 2 N–H and O–H groups in total. The molecule has 1 aromatic carbocycles. The number of morpholine rings is 1. The topological polar surface area (TPSA) is 82.1 Å². The van der Waals surface area contributed by atoms with Crippen molar-refractivity contribution >= 4 is 17.6 Å². The van der Waals surface area contributed by atoms with Gasteiger partial charge < -0.3 is 25.0 Å². The highest BCUT2D eigenvalue weighted by atomic mass is 16.5. The fourth-order valence-corrected chi connectivity index (χ4v) is 3.97. The number of piperidine rings is 1. The molecule has 2 atom stereocenters. The van der Waals surface area contributed by atoms with Crippen molar-refractivity contribution in [3.63, 3.8) is 0 Å². The van der Waals surface area contributed by atoms with Crippen LogP contribution in [0.2, 0.25) is 0 Å². The molecule has 27 heavy (non-hydrogen) atoms. The number of ether oxygens (including phenoxy) is 1. The highest BCUT2D eigenvalue weighted by Crippen LogP contribution is 2.30. The molecule has 0 aliphatic carbocycles. The van der Waals surface area contributed by atoms with Crippen molar-refractivity contribution in [3.05, 3.63) is 24.3 Å². The van der Waals surface area contributed by atoms with Gasteiger partial charge in [0.25, 0.3) is 0 Å². The fraction of sp³-hybridized carbons (Fsp3) is 0.600. The lowest BCUT2D eigenvalue weighted by atomic mass is 9.81. The molecule has 148 valence electrons. The van der Waals surface area contributed by atoms with Crippen LogP contribution in [0, 0.1) is 11.8 Å². The Balaban J connectivity index is 1.53. The van der Waals surface area contributed by atoms with Gasteiger partial charge in [0.2, 0.25) is 5.91 Å². The Morgan fingerprint density at radius 2 is 1.96 bits per heavy atom. The average Bonchev–Trinajstić information content (AvgIpc) is 2.68. The first-order valence-electron chi connectivity index (χ1n) is 9.77. The third-order valence-electron chi connectivity index (χ3n) is 5.55. The molecule has 2 heterocycles. The Hall–Kier alpha value is -2.28. The molecule has 3 amide bonds. The van der Waals surface area contributed by atoms with Crippen molar-refractivity contribution in [2.24, 2.45) is 11.8 Å². The molecule has 3 rings (SSSR count). The second-order valence-electron chi connectivity index (χ2n) is 7.35. The van der Waals surface area contributed by atoms with Gasteiger partial charge in [-0.15, -0.1) is 0 Å². The number of urea groups is 1. The molecule has 0 saturated carbocycles. The van der Waals surface area contributed by atoms with E-state index in [-0.39, 0.29) is 23.6 Å². The molecule has 2 fully saturated rings. The lowest BCUT2D eigenvalue weighted by Crippen LogP contribution is -2.52. The van der Waals surface area contributed by atoms with Crippen molar-refractivity contribution in [2.75, 3.05) is 44.7 Å². The van der Waals surface area contributed by atoms with E-state index in [1.807, 2.05) is 9.80 Å². The largest absolute Gasteiger partial charge is 0.508 e. The molecular weight excluding hydrogens is 346 g/mol. The first-order valence-corrected chi connectivity index (χ1v) is 9.77. The zero-order valence-electron chi connectivity index (χ0n) is 15.9. The maximum absolute atomic E-state index is 12.7. The van der Waals surface area contributed by atoms with Crippen LogP contribution in [0.25, 0.3) is 0 Å². The second kappa shape index (κ2) is 9.08. The van der Waals surface area contributed by atoms with Crippen LogP contribution < -0.4 is 5.32 Å². The number of hydrogen-bond donors (Lipinski definition) is 2. The normalized spacial score (nSPS) is 23.1. The number of carbonyl (C=O) groups is 2. The summed E-state index contributed by atoms with van der Waals surface area (Å²) in [5, 5.41) is 12.4. The molecule has 2 aliphatic rings. The van der Waals surface area contributed by atoms with Gasteiger partial charge in [0.05, 0.1) is 13.2 Å². The number of phenolic OH excluding ortho intramolecular Hbond substituents is 1. The third kappa shape index (κ3) is 5.13. The van der Waals surface area contributed by atoms with E-state index in [1.54, 1.807) is 24.3 Å². The van der Waals surface area contributed by atoms with Crippen molar-refractivity contribution in [3.8, 4) is 5.75 Å². The van der Waals surface area contributed by atoms with Crippen LogP contribution >= 0.6 is 0 Å². The average molecular weight is 375 g/mol. The number of aromatic hydroxyl groups is 1. The van der Waals surface area contributed by atoms with Crippen molar-refractivity contribution in [1.29, 1.82) is 0 Å². The highest BCUT2D eigenvalue weighted by Gasteiger charge is 2.33. The maximum atomic E-state index is 12.7. The second-order valence-corrected chi connectivity index (χ2v) is 7.35. The van der Waals surface area contributed by atoms with Crippen LogP contribution in [-0.2, 0) is 9.53 Å². The summed E-state index contributed by atoms with van der Waals surface area (Å²) in [4.78, 5) is 28.9. The van der Waals surface area contributed by atoms with E-state index in [4.69, 9.17) is 4.74 Å². The predicted octanol–water partition coefficient (Wildman–Crippen LogP) is 2.52. The third-order valence-corrected chi connectivity index (χ3v) is 5.55. The predicted molar refractivity (Wildman–Crippen MR) is 103 cm³/mol. The number of amides is 3. The number of anilines is 1. The minimum absolute atomic E-state index is 0.0444. The molecule has 0 bridgehead atoms. The van der Waals surface area contributed by atoms with E-state index in [2.05, 4.69) is 12.2 Å². The number of rotatable bonds is 4. The molecule has 7 nitrogen and oxygen atoms in total. The standard InChI is InChI=1S/C20H29N3O4/c1-2-15-14-23(20(26)22-8-10-27-11-9-22)7-6-16(15)12-19(25)21-17-4-3-5-18(24)13-17/h3-5,13,15-16,24H,2,6-12,14H2,1H3,(H,21,25)/t15-,16+/m1/s1. The van der Waals surface area contributed by atoms with Gasteiger partial charge in [-0.25, -0.2) is 4.79 Å². The molecule has 2 aliphatic heterocycles. The van der Waals surface area contributed by atoms with E-state index >= 15 is 0 Å². The van der Waals surface area contributed by atoms with E-state index in [1.165, 1.54) is 0 Å². The molecular formula is C20H29N3O4. The van der Waals surface area contributed by atoms with Gasteiger partial charge in [-0.1, -0.05) is 19.4 Å². The highest BCUT2D eigenvalue weighted by molar-refractivity contribution is 5.91. The minimum atomic E-state index is -0.0444. The molecule has 0 unspecified atom stereocenters. The van der Waals surface area contributed by atoms with Crippen molar-refractivity contribution in [1.82, 2.24) is 9.80 Å². The van der Waals surface area contributed by atoms with Gasteiger partial charge >= 0.3 is 6.03 Å². The van der Waals surface area contributed by atoms with Gasteiger partial charge in [0, 0.05) is 44.4 Å². The van der Waals surface area contributed by atoms with Gasteiger partial charge in [0.1, 0.15) is 5.75 Å². The summed E-state index contributed by atoms with van der Waals surface area (Å²) in [6.07, 6.45) is 2.22. The zero-order valence-corrected chi connectivity index (χ0v) is 15.9. The monoisotopic (exact) mass is 375 g/mol. The van der Waals surface area contributed by atoms with Gasteiger partial charge in [0.15, 0.2) is 0 Å². The lowest BCUT2D eigenvalue weighted by Gasteiger charge is -2.41. The SMILES string of the molecule is CC[C@@H]1CN(C(=O)N2CCOCC2)CC[C@H]1CC(=O)Nc1cccc(O)c1. The fourth-order valence-electron chi connectivity index (χ4n) is 3.97. The van der Waals surface area contributed by atoms with Crippen LogP contribution in [0.5, 0.6) is 5.75 Å². The Labute approximate surface area is 160 Å². The van der Waals surface area contributed by atoms with Crippen LogP contribution in [0.4, 0.5) is 10.5 Å². The Morgan fingerprint density at radius 1 is 1.19 bits per heavy atom. The van der Waals surface area contributed by atoms with Crippen LogP contribution in [0.1, 0.15) is 26.2 Å². The number of likely N-dealkylation sites (tertiary alicyclic amines) is 1. The first kappa shape index (κ1) is 19.5. The molecule has 0 aromatic heterocycles. The molecule has 1 aromatic rings. The summed E-state index contributed by atoms with van der Waals surface area (Å²) in [6, 6.07) is 6.68. The Morgan fingerprint density at radius 3 is 2.67 bits per heavy atom. The zero-order chi connectivity index (χ0) is 19.2. The number of nitrogens with one attached hydrogen (secondary N) is 1. The van der Waals surface area contributed by atoms with Crippen LogP contribution in [0.3, 0.4) is 0 Å². The quantitative estimate of drug-likeness (QED) is 0.847. The number of phenols is 1.